The van der Waals surface area contributed by atoms with Crippen molar-refractivity contribution in [1.29, 1.82) is 0 Å². The summed E-state index contributed by atoms with van der Waals surface area (Å²) in [7, 11) is 0. The number of amides is 1. The maximum atomic E-state index is 12.1. The van der Waals surface area contributed by atoms with E-state index in [4.69, 9.17) is 11.6 Å². The highest BCUT2D eigenvalue weighted by molar-refractivity contribution is 7.27. The lowest BCUT2D eigenvalue weighted by molar-refractivity contribution is 0.0779. The van der Waals surface area contributed by atoms with E-state index in [1.165, 1.54) is 9.40 Å². The second kappa shape index (κ2) is 5.17. The van der Waals surface area contributed by atoms with Crippen LogP contribution in [0.2, 0.25) is 0 Å². The number of rotatable bonds is 4. The number of hydrogen-bond donors (Lipinski definition) is 0. The summed E-state index contributed by atoms with van der Waals surface area (Å²) in [4.78, 5) is 14.7. The zero-order valence-electron chi connectivity index (χ0n) is 8.90. The molecule has 0 saturated carbocycles. The molecule has 5 heteroatoms. The minimum absolute atomic E-state index is 0.0940. The first-order valence-corrected chi connectivity index (χ1v) is 7.31. The van der Waals surface area contributed by atoms with E-state index in [2.05, 4.69) is 6.07 Å². The first-order chi connectivity index (χ1) is 7.76. The van der Waals surface area contributed by atoms with Crippen molar-refractivity contribution in [1.82, 2.24) is 4.90 Å². The SMILES string of the molecule is CCN(CCCl)C(=O)c1cc2sccc2s1. The molecule has 2 nitrogen and oxygen atoms in total. The van der Waals surface area contributed by atoms with Crippen molar-refractivity contribution in [3.05, 3.63) is 22.4 Å². The van der Waals surface area contributed by atoms with Crippen LogP contribution in [0, 0.1) is 0 Å². The summed E-state index contributed by atoms with van der Waals surface area (Å²) >= 11 is 8.91. The van der Waals surface area contributed by atoms with Gasteiger partial charge in [0.25, 0.3) is 5.91 Å². The molecule has 86 valence electrons. The minimum atomic E-state index is 0.0940. The van der Waals surface area contributed by atoms with Crippen molar-refractivity contribution in [3.63, 3.8) is 0 Å². The molecular formula is C11H12ClNOS2. The second-order valence-electron chi connectivity index (χ2n) is 3.33. The predicted octanol–water partition coefficient (Wildman–Crippen LogP) is 3.66. The molecule has 0 spiro atoms. The van der Waals surface area contributed by atoms with Gasteiger partial charge in [0.15, 0.2) is 0 Å². The van der Waals surface area contributed by atoms with Gasteiger partial charge < -0.3 is 4.90 Å². The second-order valence-corrected chi connectivity index (χ2v) is 5.74. The van der Waals surface area contributed by atoms with Gasteiger partial charge in [-0.05, 0) is 24.4 Å². The topological polar surface area (TPSA) is 20.3 Å². The number of thiophene rings is 2. The van der Waals surface area contributed by atoms with Gasteiger partial charge in [0.1, 0.15) is 0 Å². The molecule has 0 radical (unpaired) electrons. The summed E-state index contributed by atoms with van der Waals surface area (Å²) < 4.78 is 2.38. The Balaban J connectivity index is 2.23. The molecule has 1 amide bonds. The van der Waals surface area contributed by atoms with Crippen LogP contribution in [0.3, 0.4) is 0 Å². The zero-order chi connectivity index (χ0) is 11.5. The molecular weight excluding hydrogens is 262 g/mol. The van der Waals surface area contributed by atoms with Crippen LogP contribution in [0.1, 0.15) is 16.6 Å². The van der Waals surface area contributed by atoms with E-state index in [0.717, 1.165) is 4.88 Å². The maximum absolute atomic E-state index is 12.1. The van der Waals surface area contributed by atoms with E-state index < -0.39 is 0 Å². The number of carbonyl (C=O) groups is 1. The molecule has 2 aromatic rings. The monoisotopic (exact) mass is 273 g/mol. The maximum Gasteiger partial charge on any atom is 0.264 e. The van der Waals surface area contributed by atoms with Crippen molar-refractivity contribution in [3.8, 4) is 0 Å². The smallest absolute Gasteiger partial charge is 0.264 e. The van der Waals surface area contributed by atoms with Gasteiger partial charge in [0.2, 0.25) is 0 Å². The van der Waals surface area contributed by atoms with Gasteiger partial charge in [-0.3, -0.25) is 4.79 Å². The van der Waals surface area contributed by atoms with Crippen molar-refractivity contribution in [2.24, 2.45) is 0 Å². The van der Waals surface area contributed by atoms with Crippen LogP contribution in [-0.4, -0.2) is 29.8 Å². The summed E-state index contributed by atoms with van der Waals surface area (Å²) in [6, 6.07) is 4.03. The largest absolute Gasteiger partial charge is 0.337 e. The Labute approximate surface area is 107 Å². The molecule has 2 rings (SSSR count). The summed E-state index contributed by atoms with van der Waals surface area (Å²) in [6.07, 6.45) is 0. The Kier molecular flexibility index (Phi) is 3.84. The normalized spacial score (nSPS) is 10.9. The molecule has 0 bridgehead atoms. The molecule has 0 fully saturated rings. The van der Waals surface area contributed by atoms with Gasteiger partial charge in [0, 0.05) is 28.4 Å². The van der Waals surface area contributed by atoms with Crippen molar-refractivity contribution in [2.75, 3.05) is 19.0 Å². The number of halogens is 1. The van der Waals surface area contributed by atoms with Gasteiger partial charge >= 0.3 is 0 Å². The summed E-state index contributed by atoms with van der Waals surface area (Å²) in [6.45, 7) is 3.29. The van der Waals surface area contributed by atoms with Crippen LogP contribution >= 0.6 is 34.3 Å². The highest BCUT2D eigenvalue weighted by Gasteiger charge is 2.16. The third-order valence-corrected chi connectivity index (χ3v) is 4.62. The quantitative estimate of drug-likeness (QED) is 0.779. The molecule has 0 aliphatic carbocycles. The molecule has 0 aliphatic rings. The Hall–Kier alpha value is -0.580. The van der Waals surface area contributed by atoms with Crippen LogP contribution in [0.5, 0.6) is 0 Å². The highest BCUT2D eigenvalue weighted by Crippen LogP contribution is 2.30. The summed E-state index contributed by atoms with van der Waals surface area (Å²) in [5.74, 6) is 0.579. The van der Waals surface area contributed by atoms with Gasteiger partial charge in [-0.1, -0.05) is 0 Å². The van der Waals surface area contributed by atoms with Crippen LogP contribution in [0.25, 0.3) is 9.40 Å². The Morgan fingerprint density at radius 3 is 2.94 bits per heavy atom. The van der Waals surface area contributed by atoms with Crippen LogP contribution < -0.4 is 0 Å². The first-order valence-electron chi connectivity index (χ1n) is 5.08. The molecule has 0 aromatic carbocycles. The predicted molar refractivity (Wildman–Crippen MR) is 72.0 cm³/mol. The molecule has 0 saturated heterocycles. The number of alkyl halides is 1. The fraction of sp³-hybridized carbons (Fsp3) is 0.364. The van der Waals surface area contributed by atoms with Crippen molar-refractivity contribution in [2.45, 2.75) is 6.92 Å². The standard InChI is InChI=1S/C11H12ClNOS2/c1-2-13(5-4-12)11(14)10-7-9-8(16-10)3-6-15-9/h3,6-7H,2,4-5H2,1H3. The number of fused-ring (bicyclic) bond motifs is 1. The molecule has 2 aromatic heterocycles. The lowest BCUT2D eigenvalue weighted by Gasteiger charge is -2.18. The third-order valence-electron chi connectivity index (χ3n) is 2.37. The van der Waals surface area contributed by atoms with Gasteiger partial charge in [0.05, 0.1) is 4.88 Å². The van der Waals surface area contributed by atoms with E-state index in [1.807, 2.05) is 18.4 Å². The lowest BCUT2D eigenvalue weighted by Crippen LogP contribution is -2.31. The summed E-state index contributed by atoms with van der Waals surface area (Å²) in [5, 5.41) is 2.05. The number of carbonyl (C=O) groups excluding carboxylic acids is 1. The Bertz CT molecular complexity index is 462. The Morgan fingerprint density at radius 2 is 2.31 bits per heavy atom. The minimum Gasteiger partial charge on any atom is -0.337 e. The average molecular weight is 274 g/mol. The van der Waals surface area contributed by atoms with E-state index >= 15 is 0 Å². The van der Waals surface area contributed by atoms with Crippen LogP contribution in [0.15, 0.2) is 17.5 Å². The number of nitrogens with zero attached hydrogens (tertiary/aromatic N) is 1. The van der Waals surface area contributed by atoms with Crippen molar-refractivity contribution >= 4 is 49.6 Å². The van der Waals surface area contributed by atoms with Gasteiger partial charge in [-0.15, -0.1) is 34.3 Å². The molecule has 2 heterocycles. The molecule has 16 heavy (non-hydrogen) atoms. The first kappa shape index (κ1) is 11.9. The van der Waals surface area contributed by atoms with Gasteiger partial charge in [-0.25, -0.2) is 0 Å². The van der Waals surface area contributed by atoms with E-state index in [-0.39, 0.29) is 5.91 Å². The van der Waals surface area contributed by atoms with Crippen LogP contribution in [0.4, 0.5) is 0 Å². The van der Waals surface area contributed by atoms with Gasteiger partial charge in [-0.2, -0.15) is 0 Å². The molecule has 0 unspecified atom stereocenters. The molecule has 0 aliphatic heterocycles. The van der Waals surface area contributed by atoms with Crippen LogP contribution in [-0.2, 0) is 0 Å². The average Bonchev–Trinajstić information content (AvgIpc) is 2.84. The van der Waals surface area contributed by atoms with Crippen molar-refractivity contribution < 1.29 is 4.79 Å². The lowest BCUT2D eigenvalue weighted by atomic mass is 10.4. The van der Waals surface area contributed by atoms with E-state index in [1.54, 1.807) is 27.6 Å². The Morgan fingerprint density at radius 1 is 1.50 bits per heavy atom. The summed E-state index contributed by atoms with van der Waals surface area (Å²) in [5.41, 5.74) is 0. The third kappa shape index (κ3) is 2.24. The molecule has 0 N–H and O–H groups in total. The van der Waals surface area contributed by atoms with E-state index in [9.17, 15) is 4.79 Å². The fourth-order valence-corrected chi connectivity index (χ4v) is 3.81. The molecule has 0 atom stereocenters. The zero-order valence-corrected chi connectivity index (χ0v) is 11.3. The number of hydrogen-bond acceptors (Lipinski definition) is 3. The highest BCUT2D eigenvalue weighted by atomic mass is 35.5. The van der Waals surface area contributed by atoms with E-state index in [0.29, 0.717) is 19.0 Å². The fourth-order valence-electron chi connectivity index (χ4n) is 1.53.